The van der Waals surface area contributed by atoms with Crippen LogP contribution in [0, 0.1) is 5.92 Å². The van der Waals surface area contributed by atoms with Crippen molar-refractivity contribution in [2.75, 3.05) is 13.2 Å². The van der Waals surface area contributed by atoms with Crippen molar-refractivity contribution in [1.29, 1.82) is 0 Å². The second kappa shape index (κ2) is 9.45. The van der Waals surface area contributed by atoms with Crippen LogP contribution in [0.3, 0.4) is 0 Å². The topological polar surface area (TPSA) is 105 Å². The van der Waals surface area contributed by atoms with Crippen LogP contribution in [0.4, 0.5) is 4.79 Å². The number of alkyl carbamates (subject to hydrolysis) is 1. The maximum atomic E-state index is 11.7. The summed E-state index contributed by atoms with van der Waals surface area (Å²) in [5, 5.41) is 13.8. The summed E-state index contributed by atoms with van der Waals surface area (Å²) in [6.45, 7) is 10.1. The Balaban J connectivity index is 4.11. The Morgan fingerprint density at radius 3 is 2.27 bits per heavy atom. The van der Waals surface area contributed by atoms with E-state index in [4.69, 9.17) is 9.84 Å². The number of nitrogens with one attached hydrogen (secondary N) is 2. The largest absolute Gasteiger partial charge is 0.480 e. The molecule has 0 fully saturated rings. The fourth-order valence-electron chi connectivity index (χ4n) is 1.56. The number of aliphatic carboxylic acids is 1. The van der Waals surface area contributed by atoms with Crippen LogP contribution in [-0.4, -0.2) is 50.3 Å². The zero-order chi connectivity index (χ0) is 17.3. The van der Waals surface area contributed by atoms with Gasteiger partial charge in [0.05, 0.1) is 6.61 Å². The average Bonchev–Trinajstić information content (AvgIpc) is 2.39. The molecular weight excluding hydrogens is 304 g/mol. The highest BCUT2D eigenvalue weighted by molar-refractivity contribution is 6.76. The van der Waals surface area contributed by atoms with Gasteiger partial charge in [0, 0.05) is 8.07 Å². The number of carbonyl (C=O) groups is 3. The van der Waals surface area contributed by atoms with Gasteiger partial charge in [-0.05, 0) is 12.0 Å². The van der Waals surface area contributed by atoms with Crippen LogP contribution in [0.1, 0.15) is 20.3 Å². The molecule has 2 atom stereocenters. The molecular formula is C14H28N2O5Si. The molecule has 0 aromatic rings. The zero-order valence-corrected chi connectivity index (χ0v) is 15.1. The Morgan fingerprint density at radius 1 is 1.23 bits per heavy atom. The number of rotatable bonds is 9. The van der Waals surface area contributed by atoms with E-state index in [0.29, 0.717) is 13.0 Å². The van der Waals surface area contributed by atoms with E-state index in [0.717, 1.165) is 6.04 Å². The van der Waals surface area contributed by atoms with Gasteiger partial charge in [-0.25, -0.2) is 9.59 Å². The number of amides is 2. The highest BCUT2D eigenvalue weighted by Crippen LogP contribution is 2.08. The lowest BCUT2D eigenvalue weighted by atomic mass is 9.99. The summed E-state index contributed by atoms with van der Waals surface area (Å²) < 4.78 is 4.98. The molecule has 0 aliphatic rings. The Hall–Kier alpha value is -1.57. The number of ether oxygens (including phenoxy) is 1. The highest BCUT2D eigenvalue weighted by Gasteiger charge is 2.25. The molecule has 0 radical (unpaired) electrons. The molecule has 0 spiro atoms. The van der Waals surface area contributed by atoms with E-state index < -0.39 is 32.1 Å². The number of carbonyl (C=O) groups excluding carboxylic acids is 2. The van der Waals surface area contributed by atoms with E-state index in [9.17, 15) is 14.4 Å². The van der Waals surface area contributed by atoms with Crippen molar-refractivity contribution in [3.05, 3.63) is 0 Å². The normalized spacial score (nSPS) is 13.9. The first-order valence-corrected chi connectivity index (χ1v) is 11.2. The monoisotopic (exact) mass is 332 g/mol. The smallest absolute Gasteiger partial charge is 0.407 e. The Bertz CT molecular complexity index is 395. The number of carboxylic acids is 1. The van der Waals surface area contributed by atoms with Gasteiger partial charge in [-0.3, -0.25) is 4.79 Å². The van der Waals surface area contributed by atoms with Crippen LogP contribution < -0.4 is 10.6 Å². The third kappa shape index (κ3) is 9.38. The minimum absolute atomic E-state index is 0.190. The second-order valence-electron chi connectivity index (χ2n) is 6.57. The fraction of sp³-hybridized carbons (Fsp3) is 0.786. The third-order valence-corrected chi connectivity index (χ3v) is 4.98. The van der Waals surface area contributed by atoms with Crippen LogP contribution in [0.15, 0.2) is 0 Å². The maximum absolute atomic E-state index is 11.7. The third-order valence-electron chi connectivity index (χ3n) is 3.27. The molecule has 0 aliphatic carbocycles. The van der Waals surface area contributed by atoms with Gasteiger partial charge in [-0.2, -0.15) is 0 Å². The number of carboxylic acid groups (broad SMARTS) is 1. The molecule has 0 rings (SSSR count). The first-order valence-electron chi connectivity index (χ1n) is 7.49. The van der Waals surface area contributed by atoms with Gasteiger partial charge in [0.2, 0.25) is 5.91 Å². The number of hydrogen-bond donors (Lipinski definition) is 3. The quantitative estimate of drug-likeness (QED) is 0.557. The summed E-state index contributed by atoms with van der Waals surface area (Å²) in [5.41, 5.74) is 0. The van der Waals surface area contributed by atoms with Gasteiger partial charge in [0.15, 0.2) is 0 Å². The Kier molecular flexibility index (Phi) is 8.77. The molecule has 0 saturated heterocycles. The molecule has 0 bridgehead atoms. The van der Waals surface area contributed by atoms with Gasteiger partial charge in [-0.1, -0.05) is 39.9 Å². The molecule has 7 nitrogen and oxygen atoms in total. The van der Waals surface area contributed by atoms with Crippen molar-refractivity contribution in [3.8, 4) is 0 Å². The summed E-state index contributed by atoms with van der Waals surface area (Å²) in [7, 11) is -1.27. The van der Waals surface area contributed by atoms with Crippen molar-refractivity contribution in [2.24, 2.45) is 5.92 Å². The van der Waals surface area contributed by atoms with Gasteiger partial charge in [0.25, 0.3) is 0 Å². The molecule has 3 N–H and O–H groups in total. The molecule has 0 unspecified atom stereocenters. The van der Waals surface area contributed by atoms with E-state index in [-0.39, 0.29) is 12.5 Å². The van der Waals surface area contributed by atoms with Crippen molar-refractivity contribution in [3.63, 3.8) is 0 Å². The van der Waals surface area contributed by atoms with Gasteiger partial charge in [0.1, 0.15) is 12.6 Å². The first-order chi connectivity index (χ1) is 10.1. The lowest BCUT2D eigenvalue weighted by Gasteiger charge is -2.20. The summed E-state index contributed by atoms with van der Waals surface area (Å²) in [6, 6.07) is -0.107. The zero-order valence-electron chi connectivity index (χ0n) is 14.1. The van der Waals surface area contributed by atoms with Crippen LogP contribution in [0.2, 0.25) is 25.7 Å². The summed E-state index contributed by atoms with van der Waals surface area (Å²) in [4.78, 5) is 34.2. The molecule has 22 heavy (non-hydrogen) atoms. The van der Waals surface area contributed by atoms with Gasteiger partial charge in [-0.15, -0.1) is 0 Å². The van der Waals surface area contributed by atoms with Crippen LogP contribution in [0.5, 0.6) is 0 Å². The number of hydrogen-bond acceptors (Lipinski definition) is 4. The molecule has 0 aliphatic heterocycles. The molecule has 128 valence electrons. The summed E-state index contributed by atoms with van der Waals surface area (Å²) in [6.07, 6.45) is -0.0348. The predicted octanol–water partition coefficient (Wildman–Crippen LogP) is 1.67. The van der Waals surface area contributed by atoms with E-state index >= 15 is 0 Å². The van der Waals surface area contributed by atoms with Crippen molar-refractivity contribution >= 4 is 26.0 Å². The van der Waals surface area contributed by atoms with Crippen LogP contribution in [0.25, 0.3) is 0 Å². The van der Waals surface area contributed by atoms with E-state index in [1.807, 2.05) is 6.92 Å². The summed E-state index contributed by atoms with van der Waals surface area (Å²) >= 11 is 0. The molecule has 0 aromatic heterocycles. The van der Waals surface area contributed by atoms with E-state index in [1.54, 1.807) is 6.92 Å². The lowest BCUT2D eigenvalue weighted by Crippen LogP contribution is -2.48. The lowest BCUT2D eigenvalue weighted by molar-refractivity contribution is -0.143. The molecule has 0 aromatic carbocycles. The molecule has 0 saturated carbocycles. The first kappa shape index (κ1) is 20.4. The average molecular weight is 332 g/mol. The van der Waals surface area contributed by atoms with Gasteiger partial charge < -0.3 is 20.5 Å². The summed E-state index contributed by atoms with van der Waals surface area (Å²) in [5.74, 6) is -1.82. The van der Waals surface area contributed by atoms with Crippen molar-refractivity contribution in [1.82, 2.24) is 10.6 Å². The minimum Gasteiger partial charge on any atom is -0.480 e. The van der Waals surface area contributed by atoms with Crippen molar-refractivity contribution in [2.45, 2.75) is 52.0 Å². The van der Waals surface area contributed by atoms with Crippen LogP contribution in [-0.2, 0) is 14.3 Å². The predicted molar refractivity (Wildman–Crippen MR) is 86.5 cm³/mol. The fourth-order valence-corrected chi connectivity index (χ4v) is 2.28. The SMILES string of the molecule is CC[C@H](C)[C@H](NC(=O)CNC(=O)OCC[Si](C)(C)C)C(=O)O. The Labute approximate surface area is 132 Å². The maximum Gasteiger partial charge on any atom is 0.407 e. The molecule has 0 heterocycles. The van der Waals surface area contributed by atoms with Crippen molar-refractivity contribution < 1.29 is 24.2 Å². The van der Waals surface area contributed by atoms with Gasteiger partial charge >= 0.3 is 12.1 Å². The highest BCUT2D eigenvalue weighted by atomic mass is 28.3. The van der Waals surface area contributed by atoms with E-state index in [1.165, 1.54) is 0 Å². The van der Waals surface area contributed by atoms with E-state index in [2.05, 4.69) is 30.3 Å². The standard InChI is InChI=1S/C14H28N2O5Si/c1-6-10(2)12(13(18)19)16-11(17)9-15-14(20)21-7-8-22(3,4)5/h10,12H,6-9H2,1-5H3,(H,15,20)(H,16,17)(H,18,19)/t10-,12-/m0/s1. The second-order valence-corrected chi connectivity index (χ2v) is 12.2. The molecule has 2 amide bonds. The minimum atomic E-state index is -1.27. The van der Waals surface area contributed by atoms with Crippen LogP contribution >= 0.6 is 0 Å². The molecule has 8 heteroatoms. The Morgan fingerprint density at radius 2 is 1.82 bits per heavy atom.